The molecule has 0 radical (unpaired) electrons. The molecule has 0 fully saturated rings. The van der Waals surface area contributed by atoms with Crippen LogP contribution in [0.1, 0.15) is 19.4 Å². The molecule has 0 saturated carbocycles. The number of hydrogen-bond acceptors (Lipinski definition) is 3. The van der Waals surface area contributed by atoms with E-state index < -0.39 is 0 Å². The number of nitrogens with zero attached hydrogens (tertiary/aromatic N) is 3. The van der Waals surface area contributed by atoms with Crippen LogP contribution in [0.3, 0.4) is 0 Å². The number of aryl methyl sites for hydroxylation is 1. The Morgan fingerprint density at radius 1 is 1.23 bits per heavy atom. The Labute approximate surface area is 129 Å². The number of fused-ring (bicyclic) bond motifs is 1. The summed E-state index contributed by atoms with van der Waals surface area (Å²) < 4.78 is 16.1. The fourth-order valence-electron chi connectivity index (χ4n) is 2.63. The molecular weight excluding hydrogens is 279 g/mol. The van der Waals surface area contributed by atoms with E-state index in [4.69, 9.17) is 0 Å². The monoisotopic (exact) mass is 298 g/mol. The Balaban J connectivity index is 2.05. The van der Waals surface area contributed by atoms with Crippen LogP contribution in [0.2, 0.25) is 0 Å². The number of anilines is 2. The second-order valence-corrected chi connectivity index (χ2v) is 5.87. The lowest BCUT2D eigenvalue weighted by Gasteiger charge is -2.15. The van der Waals surface area contributed by atoms with Crippen molar-refractivity contribution in [1.82, 2.24) is 14.5 Å². The van der Waals surface area contributed by atoms with Gasteiger partial charge in [0.05, 0.1) is 5.52 Å². The molecule has 0 atom stereocenters. The van der Waals surface area contributed by atoms with E-state index in [1.165, 1.54) is 12.4 Å². The summed E-state index contributed by atoms with van der Waals surface area (Å²) in [5, 5.41) is 3.28. The molecule has 0 aliphatic heterocycles. The van der Waals surface area contributed by atoms with E-state index in [2.05, 4.69) is 29.1 Å². The molecule has 0 bridgehead atoms. The van der Waals surface area contributed by atoms with Gasteiger partial charge < -0.3 is 9.88 Å². The van der Waals surface area contributed by atoms with Crippen LogP contribution in [-0.4, -0.2) is 14.5 Å². The molecule has 5 heteroatoms. The Morgan fingerprint density at radius 3 is 2.82 bits per heavy atom. The summed E-state index contributed by atoms with van der Waals surface area (Å²) in [7, 11) is 1.94. The standard InChI is InChI=1S/C17H19FN4/c1-11(2)9-12-13(18)5-4-6-14(12)21-17-16-15(19-10-20-17)7-8-22(16)3/h4-8,10-11H,9H2,1-3H3,(H,19,20,21). The molecule has 0 aliphatic carbocycles. The van der Waals surface area contributed by atoms with Crippen LogP contribution >= 0.6 is 0 Å². The summed E-state index contributed by atoms with van der Waals surface area (Å²) in [6.45, 7) is 4.16. The first kappa shape index (κ1) is 14.5. The van der Waals surface area contributed by atoms with Gasteiger partial charge in [0.25, 0.3) is 0 Å². The lowest BCUT2D eigenvalue weighted by Crippen LogP contribution is -2.05. The number of hydrogen-bond donors (Lipinski definition) is 1. The molecule has 2 aromatic heterocycles. The Morgan fingerprint density at radius 2 is 2.05 bits per heavy atom. The molecule has 1 N–H and O–H groups in total. The van der Waals surface area contributed by atoms with E-state index in [0.29, 0.717) is 23.7 Å². The molecule has 3 aromatic rings. The maximum Gasteiger partial charge on any atom is 0.158 e. The first-order chi connectivity index (χ1) is 10.6. The average molecular weight is 298 g/mol. The van der Waals surface area contributed by atoms with Crippen LogP contribution in [0.15, 0.2) is 36.8 Å². The SMILES string of the molecule is CC(C)Cc1c(F)cccc1Nc1ncnc2ccn(C)c12. The fourth-order valence-corrected chi connectivity index (χ4v) is 2.63. The van der Waals surface area contributed by atoms with Gasteiger partial charge in [0, 0.05) is 24.5 Å². The minimum atomic E-state index is -0.184. The number of aromatic nitrogens is 3. The van der Waals surface area contributed by atoms with Crippen molar-refractivity contribution in [3.05, 3.63) is 48.2 Å². The lowest BCUT2D eigenvalue weighted by atomic mass is 10.0. The second-order valence-electron chi connectivity index (χ2n) is 5.87. The van der Waals surface area contributed by atoms with Gasteiger partial charge in [0.15, 0.2) is 5.82 Å². The van der Waals surface area contributed by atoms with Crippen molar-refractivity contribution in [1.29, 1.82) is 0 Å². The minimum Gasteiger partial charge on any atom is -0.346 e. The van der Waals surface area contributed by atoms with Crippen molar-refractivity contribution in [2.24, 2.45) is 13.0 Å². The lowest BCUT2D eigenvalue weighted by molar-refractivity contribution is 0.575. The third kappa shape index (κ3) is 2.66. The third-order valence-corrected chi connectivity index (χ3v) is 3.64. The predicted octanol–water partition coefficient (Wildman–Crippen LogP) is 4.05. The van der Waals surface area contributed by atoms with Crippen LogP contribution in [0.5, 0.6) is 0 Å². The third-order valence-electron chi connectivity index (χ3n) is 3.64. The van der Waals surface area contributed by atoms with Gasteiger partial charge in [-0.2, -0.15) is 0 Å². The van der Waals surface area contributed by atoms with Gasteiger partial charge >= 0.3 is 0 Å². The zero-order valence-electron chi connectivity index (χ0n) is 13.0. The van der Waals surface area contributed by atoms with E-state index >= 15 is 0 Å². The summed E-state index contributed by atoms with van der Waals surface area (Å²) in [5.74, 6) is 0.877. The highest BCUT2D eigenvalue weighted by atomic mass is 19.1. The van der Waals surface area contributed by atoms with Crippen molar-refractivity contribution in [2.75, 3.05) is 5.32 Å². The van der Waals surface area contributed by atoms with Crippen molar-refractivity contribution >= 4 is 22.5 Å². The van der Waals surface area contributed by atoms with Gasteiger partial charge in [-0.3, -0.25) is 0 Å². The van der Waals surface area contributed by atoms with Crippen LogP contribution in [0.4, 0.5) is 15.9 Å². The average Bonchev–Trinajstić information content (AvgIpc) is 2.85. The highest BCUT2D eigenvalue weighted by molar-refractivity contribution is 5.88. The minimum absolute atomic E-state index is 0.184. The molecule has 0 saturated heterocycles. The molecular formula is C17H19FN4. The van der Waals surface area contributed by atoms with E-state index in [-0.39, 0.29) is 5.82 Å². The molecule has 22 heavy (non-hydrogen) atoms. The molecule has 0 unspecified atom stereocenters. The number of halogens is 1. The molecule has 0 amide bonds. The number of nitrogens with one attached hydrogen (secondary N) is 1. The summed E-state index contributed by atoms with van der Waals surface area (Å²) in [4.78, 5) is 8.57. The molecule has 114 valence electrons. The van der Waals surface area contributed by atoms with Crippen molar-refractivity contribution in [3.63, 3.8) is 0 Å². The molecule has 0 spiro atoms. The van der Waals surface area contributed by atoms with Crippen LogP contribution in [0.25, 0.3) is 11.0 Å². The smallest absolute Gasteiger partial charge is 0.158 e. The van der Waals surface area contributed by atoms with Crippen molar-refractivity contribution < 1.29 is 4.39 Å². The van der Waals surface area contributed by atoms with Crippen molar-refractivity contribution in [3.8, 4) is 0 Å². The summed E-state index contributed by atoms with van der Waals surface area (Å²) in [5.41, 5.74) is 3.22. The topological polar surface area (TPSA) is 42.7 Å². The number of rotatable bonds is 4. The number of benzene rings is 1. The Kier molecular flexibility index (Phi) is 3.79. The van der Waals surface area contributed by atoms with E-state index in [0.717, 1.165) is 16.7 Å². The predicted molar refractivity (Wildman–Crippen MR) is 86.7 cm³/mol. The maximum atomic E-state index is 14.2. The molecule has 0 aliphatic rings. The van der Waals surface area contributed by atoms with Gasteiger partial charge in [0.1, 0.15) is 17.7 Å². The highest BCUT2D eigenvalue weighted by Crippen LogP contribution is 2.28. The van der Waals surface area contributed by atoms with Gasteiger partial charge in [-0.15, -0.1) is 0 Å². The van der Waals surface area contributed by atoms with Crippen LogP contribution in [0, 0.1) is 11.7 Å². The molecule has 3 rings (SSSR count). The largest absolute Gasteiger partial charge is 0.346 e. The van der Waals surface area contributed by atoms with Gasteiger partial charge in [-0.1, -0.05) is 19.9 Å². The summed E-state index contributed by atoms with van der Waals surface area (Å²) >= 11 is 0. The Bertz CT molecular complexity index is 808. The van der Waals surface area contributed by atoms with Crippen LogP contribution in [-0.2, 0) is 13.5 Å². The van der Waals surface area contributed by atoms with E-state index in [1.54, 1.807) is 6.07 Å². The maximum absolute atomic E-state index is 14.2. The molecule has 4 nitrogen and oxygen atoms in total. The second kappa shape index (κ2) is 5.75. The Hall–Kier alpha value is -2.43. The zero-order chi connectivity index (χ0) is 15.7. The molecule has 1 aromatic carbocycles. The van der Waals surface area contributed by atoms with Crippen LogP contribution < -0.4 is 5.32 Å². The first-order valence-electron chi connectivity index (χ1n) is 7.36. The van der Waals surface area contributed by atoms with Gasteiger partial charge in [-0.05, 0) is 30.5 Å². The highest BCUT2D eigenvalue weighted by Gasteiger charge is 2.13. The molecule has 2 heterocycles. The fraction of sp³-hybridized carbons (Fsp3) is 0.294. The van der Waals surface area contributed by atoms with Crippen molar-refractivity contribution in [2.45, 2.75) is 20.3 Å². The quantitative estimate of drug-likeness (QED) is 0.790. The van der Waals surface area contributed by atoms with Gasteiger partial charge in [-0.25, -0.2) is 14.4 Å². The zero-order valence-corrected chi connectivity index (χ0v) is 13.0. The summed E-state index contributed by atoms with van der Waals surface area (Å²) in [6, 6.07) is 7.03. The van der Waals surface area contributed by atoms with Gasteiger partial charge in [0.2, 0.25) is 0 Å². The van der Waals surface area contributed by atoms with E-state index in [1.807, 2.05) is 29.9 Å². The normalized spacial score (nSPS) is 11.3. The first-order valence-corrected chi connectivity index (χ1v) is 7.36. The summed E-state index contributed by atoms with van der Waals surface area (Å²) in [6.07, 6.45) is 4.13. The van der Waals surface area contributed by atoms with E-state index in [9.17, 15) is 4.39 Å².